The number of rotatable bonds is 4. The number of aryl methyl sites for hydroxylation is 1. The van der Waals surface area contributed by atoms with Crippen molar-refractivity contribution in [3.8, 4) is 5.69 Å². The highest BCUT2D eigenvalue weighted by Gasteiger charge is 2.24. The normalized spacial score (nSPS) is 16.1. The monoisotopic (exact) mass is 356 g/mol. The molecule has 1 N–H and O–H groups in total. The minimum Gasteiger partial charge on any atom is -0.323 e. The fourth-order valence-electron chi connectivity index (χ4n) is 3.65. The molecular formula is C21H20N6. The van der Waals surface area contributed by atoms with Crippen LogP contribution >= 0.6 is 0 Å². The Hall–Kier alpha value is -3.41. The van der Waals surface area contributed by atoms with Crippen molar-refractivity contribution in [2.24, 2.45) is 0 Å². The maximum Gasteiger partial charge on any atom is 0.246 e. The lowest BCUT2D eigenvalue weighted by atomic mass is 9.98. The fourth-order valence-corrected chi connectivity index (χ4v) is 3.65. The Bertz CT molecular complexity index is 1020. The molecule has 1 aliphatic heterocycles. The third-order valence-electron chi connectivity index (χ3n) is 4.99. The molecule has 1 atom stereocenters. The average Bonchev–Trinajstić information content (AvgIpc) is 3.38. The van der Waals surface area contributed by atoms with Crippen LogP contribution in [0.4, 0.5) is 11.6 Å². The van der Waals surface area contributed by atoms with E-state index in [0.29, 0.717) is 5.95 Å². The van der Waals surface area contributed by atoms with Crippen LogP contribution in [0.15, 0.2) is 73.3 Å². The van der Waals surface area contributed by atoms with Crippen molar-refractivity contribution in [2.75, 3.05) is 5.32 Å². The third-order valence-corrected chi connectivity index (χ3v) is 4.99. The zero-order valence-electron chi connectivity index (χ0n) is 14.9. The molecule has 1 unspecified atom stereocenters. The van der Waals surface area contributed by atoms with E-state index in [2.05, 4.69) is 45.3 Å². The van der Waals surface area contributed by atoms with Crippen molar-refractivity contribution in [1.29, 1.82) is 0 Å². The van der Waals surface area contributed by atoms with Gasteiger partial charge >= 0.3 is 0 Å². The first-order valence-corrected chi connectivity index (χ1v) is 9.22. The summed E-state index contributed by atoms with van der Waals surface area (Å²) in [4.78, 5) is 8.80. The molecule has 3 heterocycles. The van der Waals surface area contributed by atoms with Crippen molar-refractivity contribution in [3.63, 3.8) is 0 Å². The smallest absolute Gasteiger partial charge is 0.246 e. The standard InChI is InChI=1S/C21H20N6/c1-2-5-16(6-3-1)19-7-4-8-20-24-21(25-27(19)20)23-17-9-11-18(12-10-17)26-14-13-22-15-26/h1-3,5-6,9-15,19H,4,7-8H2,(H,23,25). The molecule has 0 spiro atoms. The van der Waals surface area contributed by atoms with E-state index in [0.717, 1.165) is 36.5 Å². The fraction of sp³-hybridized carbons (Fsp3) is 0.190. The maximum absolute atomic E-state index is 4.76. The molecule has 0 aliphatic carbocycles. The summed E-state index contributed by atoms with van der Waals surface area (Å²) in [5.74, 6) is 1.70. The molecule has 1 aliphatic rings. The van der Waals surface area contributed by atoms with Crippen molar-refractivity contribution >= 4 is 11.6 Å². The van der Waals surface area contributed by atoms with Crippen LogP contribution in [0.25, 0.3) is 5.69 Å². The average molecular weight is 356 g/mol. The SMILES string of the molecule is c1ccc(C2CCCc3nc(Nc4ccc(-n5ccnc5)cc4)nn32)cc1. The summed E-state index contributed by atoms with van der Waals surface area (Å²) in [6, 6.07) is 19.0. The first-order valence-electron chi connectivity index (χ1n) is 9.22. The van der Waals surface area contributed by atoms with Gasteiger partial charge in [0, 0.05) is 30.2 Å². The molecule has 0 fully saturated rings. The molecule has 27 heavy (non-hydrogen) atoms. The lowest BCUT2D eigenvalue weighted by Gasteiger charge is -2.23. The Kier molecular flexibility index (Phi) is 3.93. The molecule has 0 saturated heterocycles. The molecule has 6 heteroatoms. The number of nitrogens with zero attached hydrogens (tertiary/aromatic N) is 5. The van der Waals surface area contributed by atoms with Gasteiger partial charge in [0.2, 0.25) is 5.95 Å². The highest BCUT2D eigenvalue weighted by molar-refractivity contribution is 5.55. The maximum atomic E-state index is 4.76. The van der Waals surface area contributed by atoms with Crippen molar-refractivity contribution < 1.29 is 0 Å². The van der Waals surface area contributed by atoms with Crippen molar-refractivity contribution in [2.45, 2.75) is 25.3 Å². The topological polar surface area (TPSA) is 60.6 Å². The van der Waals surface area contributed by atoms with Crippen LogP contribution in [0.5, 0.6) is 0 Å². The molecule has 0 amide bonds. The predicted molar refractivity (Wildman–Crippen MR) is 104 cm³/mol. The summed E-state index contributed by atoms with van der Waals surface area (Å²) in [5.41, 5.74) is 3.33. The summed E-state index contributed by atoms with van der Waals surface area (Å²) in [7, 11) is 0. The number of hydrogen-bond donors (Lipinski definition) is 1. The molecule has 2 aromatic heterocycles. The van der Waals surface area contributed by atoms with E-state index in [9.17, 15) is 0 Å². The van der Waals surface area contributed by atoms with E-state index in [1.54, 1.807) is 12.5 Å². The molecule has 5 rings (SSSR count). The summed E-state index contributed by atoms with van der Waals surface area (Å²) >= 11 is 0. The zero-order chi connectivity index (χ0) is 18.1. The van der Waals surface area contributed by atoms with Gasteiger partial charge in [0.25, 0.3) is 0 Å². The van der Waals surface area contributed by atoms with Crippen LogP contribution in [0.3, 0.4) is 0 Å². The first-order chi connectivity index (χ1) is 13.4. The second-order valence-corrected chi connectivity index (χ2v) is 6.76. The molecule has 0 saturated carbocycles. The number of imidazole rings is 1. The first kappa shape index (κ1) is 15.8. The third kappa shape index (κ3) is 3.10. The summed E-state index contributed by atoms with van der Waals surface area (Å²) < 4.78 is 4.06. The Morgan fingerprint density at radius 3 is 2.63 bits per heavy atom. The Morgan fingerprint density at radius 1 is 1.00 bits per heavy atom. The Labute approximate surface area is 157 Å². The molecule has 6 nitrogen and oxygen atoms in total. The summed E-state index contributed by atoms with van der Waals surface area (Å²) in [5, 5.41) is 8.09. The van der Waals surface area contributed by atoms with Gasteiger partial charge in [-0.1, -0.05) is 30.3 Å². The van der Waals surface area contributed by atoms with E-state index < -0.39 is 0 Å². The van der Waals surface area contributed by atoms with Crippen LogP contribution < -0.4 is 5.32 Å². The molecule has 0 radical (unpaired) electrons. The number of nitrogens with one attached hydrogen (secondary N) is 1. The van der Waals surface area contributed by atoms with Crippen LogP contribution in [0.2, 0.25) is 0 Å². The highest BCUT2D eigenvalue weighted by Crippen LogP contribution is 2.30. The lowest BCUT2D eigenvalue weighted by molar-refractivity contribution is 0.412. The summed E-state index contributed by atoms with van der Waals surface area (Å²) in [6.07, 6.45) is 8.69. The van der Waals surface area contributed by atoms with Crippen LogP contribution in [-0.4, -0.2) is 24.3 Å². The number of hydrogen-bond acceptors (Lipinski definition) is 4. The van der Waals surface area contributed by atoms with Gasteiger partial charge in [-0.15, -0.1) is 5.10 Å². The molecule has 0 bridgehead atoms. The van der Waals surface area contributed by atoms with E-state index in [-0.39, 0.29) is 6.04 Å². The van der Waals surface area contributed by atoms with E-state index in [1.165, 1.54) is 5.56 Å². The highest BCUT2D eigenvalue weighted by atomic mass is 15.4. The quantitative estimate of drug-likeness (QED) is 0.597. The van der Waals surface area contributed by atoms with Gasteiger partial charge in [0.1, 0.15) is 5.82 Å². The Balaban J connectivity index is 1.39. The second kappa shape index (κ2) is 6.72. The van der Waals surface area contributed by atoms with Gasteiger partial charge in [-0.05, 0) is 42.7 Å². The van der Waals surface area contributed by atoms with Crippen LogP contribution in [0, 0.1) is 0 Å². The van der Waals surface area contributed by atoms with Gasteiger partial charge in [0.15, 0.2) is 0 Å². The van der Waals surface area contributed by atoms with E-state index in [4.69, 9.17) is 10.1 Å². The zero-order valence-corrected chi connectivity index (χ0v) is 14.9. The molecular weight excluding hydrogens is 336 g/mol. The number of fused-ring (bicyclic) bond motifs is 1. The number of anilines is 2. The van der Waals surface area contributed by atoms with E-state index in [1.807, 2.05) is 35.0 Å². The molecule has 4 aromatic rings. The van der Waals surface area contributed by atoms with Gasteiger partial charge in [0.05, 0.1) is 12.4 Å². The minimum absolute atomic E-state index is 0.265. The van der Waals surface area contributed by atoms with Gasteiger partial charge in [-0.25, -0.2) is 9.67 Å². The van der Waals surface area contributed by atoms with Gasteiger partial charge in [-0.2, -0.15) is 4.98 Å². The summed E-state index contributed by atoms with van der Waals surface area (Å²) in [6.45, 7) is 0. The van der Waals surface area contributed by atoms with Gasteiger partial charge < -0.3 is 9.88 Å². The van der Waals surface area contributed by atoms with Crippen molar-refractivity contribution in [3.05, 3.63) is 84.7 Å². The van der Waals surface area contributed by atoms with Crippen LogP contribution in [0.1, 0.15) is 30.3 Å². The molecule has 134 valence electrons. The largest absolute Gasteiger partial charge is 0.323 e. The van der Waals surface area contributed by atoms with E-state index >= 15 is 0 Å². The van der Waals surface area contributed by atoms with Crippen molar-refractivity contribution in [1.82, 2.24) is 24.3 Å². The predicted octanol–water partition coefficient (Wildman–Crippen LogP) is 4.13. The lowest BCUT2D eigenvalue weighted by Crippen LogP contribution is -2.20. The number of benzene rings is 2. The Morgan fingerprint density at radius 2 is 1.85 bits per heavy atom. The van der Waals surface area contributed by atoms with Gasteiger partial charge in [-0.3, -0.25) is 0 Å². The second-order valence-electron chi connectivity index (χ2n) is 6.76. The minimum atomic E-state index is 0.265. The molecule has 2 aromatic carbocycles. The van der Waals surface area contributed by atoms with Crippen LogP contribution in [-0.2, 0) is 6.42 Å². The number of aromatic nitrogens is 5.